The number of amides is 1. The summed E-state index contributed by atoms with van der Waals surface area (Å²) in [5.74, 6) is -0.527. The van der Waals surface area contributed by atoms with Crippen LogP contribution in [0.15, 0.2) is 0 Å². The van der Waals surface area contributed by atoms with Gasteiger partial charge in [-0.1, -0.05) is 13.8 Å². The maximum atomic E-state index is 12.2. The van der Waals surface area contributed by atoms with Gasteiger partial charge in [0, 0.05) is 13.0 Å². The van der Waals surface area contributed by atoms with Crippen LogP contribution >= 0.6 is 0 Å². The molecule has 0 spiro atoms. The van der Waals surface area contributed by atoms with Crippen LogP contribution in [0.4, 0.5) is 0 Å². The fourth-order valence-corrected chi connectivity index (χ4v) is 2.37. The van der Waals surface area contributed by atoms with Crippen molar-refractivity contribution in [1.82, 2.24) is 10.6 Å². The van der Waals surface area contributed by atoms with Crippen LogP contribution in [-0.2, 0) is 9.59 Å². The van der Waals surface area contributed by atoms with Gasteiger partial charge in [-0.15, -0.1) is 0 Å². The van der Waals surface area contributed by atoms with Crippen LogP contribution in [-0.4, -0.2) is 35.6 Å². The molecule has 2 unspecified atom stereocenters. The zero-order valence-corrected chi connectivity index (χ0v) is 11.3. The number of carboxylic acid groups (broad SMARTS) is 1. The summed E-state index contributed by atoms with van der Waals surface area (Å²) in [5, 5.41) is 14.8. The van der Waals surface area contributed by atoms with Crippen molar-refractivity contribution >= 4 is 11.9 Å². The van der Waals surface area contributed by atoms with Gasteiger partial charge in [0.2, 0.25) is 5.91 Å². The third-order valence-corrected chi connectivity index (χ3v) is 3.74. The Hall–Kier alpha value is -1.10. The summed E-state index contributed by atoms with van der Waals surface area (Å²) in [6.45, 7) is 5.43. The molecule has 104 valence electrons. The lowest BCUT2D eigenvalue weighted by atomic mass is 9.93. The van der Waals surface area contributed by atoms with Crippen LogP contribution in [0.3, 0.4) is 0 Å². The molecule has 0 radical (unpaired) electrons. The fourth-order valence-electron chi connectivity index (χ4n) is 2.37. The van der Waals surface area contributed by atoms with Crippen molar-refractivity contribution in [3.05, 3.63) is 0 Å². The number of carboxylic acids is 1. The monoisotopic (exact) mass is 256 g/mol. The second kappa shape index (κ2) is 6.73. The molecule has 1 rings (SSSR count). The lowest BCUT2D eigenvalue weighted by molar-refractivity contribution is -0.137. The van der Waals surface area contributed by atoms with E-state index in [0.29, 0.717) is 13.0 Å². The molecule has 0 saturated carbocycles. The van der Waals surface area contributed by atoms with Crippen molar-refractivity contribution in [2.75, 3.05) is 13.1 Å². The maximum Gasteiger partial charge on any atom is 0.303 e. The molecule has 0 aromatic heterocycles. The molecule has 5 nitrogen and oxygen atoms in total. The van der Waals surface area contributed by atoms with Crippen LogP contribution in [0.2, 0.25) is 0 Å². The minimum atomic E-state index is -0.782. The number of aliphatic carboxylic acids is 1. The van der Waals surface area contributed by atoms with E-state index in [0.717, 1.165) is 25.8 Å². The number of hydrogen-bond acceptors (Lipinski definition) is 3. The zero-order valence-electron chi connectivity index (χ0n) is 11.3. The second-order valence-electron chi connectivity index (χ2n) is 5.21. The largest absolute Gasteiger partial charge is 0.481 e. The van der Waals surface area contributed by atoms with E-state index < -0.39 is 11.5 Å². The van der Waals surface area contributed by atoms with E-state index in [-0.39, 0.29) is 18.2 Å². The average Bonchev–Trinajstić information content (AvgIpc) is 2.83. The Morgan fingerprint density at radius 2 is 2.22 bits per heavy atom. The maximum absolute atomic E-state index is 12.2. The van der Waals surface area contributed by atoms with E-state index in [1.165, 1.54) is 0 Å². The van der Waals surface area contributed by atoms with Crippen molar-refractivity contribution in [3.63, 3.8) is 0 Å². The lowest BCUT2D eigenvalue weighted by Gasteiger charge is -2.27. The highest BCUT2D eigenvalue weighted by atomic mass is 16.4. The van der Waals surface area contributed by atoms with Gasteiger partial charge in [-0.05, 0) is 38.1 Å². The third-order valence-electron chi connectivity index (χ3n) is 3.74. The summed E-state index contributed by atoms with van der Waals surface area (Å²) in [7, 11) is 0. The molecule has 0 aliphatic carbocycles. The summed E-state index contributed by atoms with van der Waals surface area (Å²) in [6, 6.07) is 0. The second-order valence-corrected chi connectivity index (χ2v) is 5.21. The average molecular weight is 256 g/mol. The molecule has 1 heterocycles. The Morgan fingerprint density at radius 3 is 2.72 bits per heavy atom. The molecule has 3 N–H and O–H groups in total. The summed E-state index contributed by atoms with van der Waals surface area (Å²) in [6.07, 6.45) is 3.48. The molecular formula is C13H24N2O3. The number of rotatable bonds is 7. The topological polar surface area (TPSA) is 78.4 Å². The Kier molecular flexibility index (Phi) is 5.59. The van der Waals surface area contributed by atoms with Crippen molar-refractivity contribution < 1.29 is 14.7 Å². The Balaban J connectivity index is 2.33. The van der Waals surface area contributed by atoms with Gasteiger partial charge in [0.05, 0.1) is 5.54 Å². The van der Waals surface area contributed by atoms with Gasteiger partial charge in [-0.25, -0.2) is 0 Å². The van der Waals surface area contributed by atoms with Crippen LogP contribution in [0, 0.1) is 5.92 Å². The Bertz CT molecular complexity index is 299. The van der Waals surface area contributed by atoms with Crippen LogP contribution < -0.4 is 10.6 Å². The molecule has 1 saturated heterocycles. The van der Waals surface area contributed by atoms with E-state index in [9.17, 15) is 9.59 Å². The number of hydrogen-bond donors (Lipinski definition) is 3. The van der Waals surface area contributed by atoms with E-state index in [4.69, 9.17) is 5.11 Å². The summed E-state index contributed by atoms with van der Waals surface area (Å²) >= 11 is 0. The highest BCUT2D eigenvalue weighted by Gasteiger charge is 2.38. The molecule has 1 amide bonds. The van der Waals surface area contributed by atoms with E-state index in [2.05, 4.69) is 10.6 Å². The molecule has 0 bridgehead atoms. The number of carbonyl (C=O) groups excluding carboxylic acids is 1. The minimum Gasteiger partial charge on any atom is -0.481 e. The standard InChI is InChI=1S/C13H24N2O3/c1-3-13(7-4-8-15-13)12(18)14-9-10(2)5-6-11(16)17/h10,15H,3-9H2,1-2H3,(H,14,18)(H,16,17). The van der Waals surface area contributed by atoms with Crippen molar-refractivity contribution in [3.8, 4) is 0 Å². The SMILES string of the molecule is CCC1(C(=O)NCC(C)CCC(=O)O)CCCN1. The van der Waals surface area contributed by atoms with Crippen molar-refractivity contribution in [2.24, 2.45) is 5.92 Å². The normalized spacial score (nSPS) is 24.8. The molecule has 1 aliphatic rings. The Morgan fingerprint density at radius 1 is 1.50 bits per heavy atom. The van der Waals surface area contributed by atoms with E-state index in [1.54, 1.807) is 0 Å². The summed E-state index contributed by atoms with van der Waals surface area (Å²) in [4.78, 5) is 22.6. The first-order valence-corrected chi connectivity index (χ1v) is 6.75. The molecule has 5 heteroatoms. The number of carbonyl (C=O) groups is 2. The summed E-state index contributed by atoms with van der Waals surface area (Å²) < 4.78 is 0. The van der Waals surface area contributed by atoms with Crippen molar-refractivity contribution in [2.45, 2.75) is 51.5 Å². The molecule has 0 aromatic rings. The van der Waals surface area contributed by atoms with Gasteiger partial charge in [0.1, 0.15) is 0 Å². The third kappa shape index (κ3) is 3.98. The Labute approximate surface area is 108 Å². The van der Waals surface area contributed by atoms with Gasteiger partial charge >= 0.3 is 5.97 Å². The van der Waals surface area contributed by atoms with E-state index in [1.807, 2.05) is 13.8 Å². The quantitative estimate of drug-likeness (QED) is 0.638. The van der Waals surface area contributed by atoms with Crippen molar-refractivity contribution in [1.29, 1.82) is 0 Å². The molecule has 1 fully saturated rings. The molecule has 0 aromatic carbocycles. The van der Waals surface area contributed by atoms with Gasteiger partial charge in [-0.2, -0.15) is 0 Å². The smallest absolute Gasteiger partial charge is 0.303 e. The van der Waals surface area contributed by atoms with Gasteiger partial charge < -0.3 is 15.7 Å². The predicted octanol–water partition coefficient (Wildman–Crippen LogP) is 1.14. The molecular weight excluding hydrogens is 232 g/mol. The first kappa shape index (κ1) is 15.0. The van der Waals surface area contributed by atoms with Crippen LogP contribution in [0.5, 0.6) is 0 Å². The summed E-state index contributed by atoms with van der Waals surface area (Å²) in [5.41, 5.74) is -0.396. The molecule has 18 heavy (non-hydrogen) atoms. The highest BCUT2D eigenvalue weighted by Crippen LogP contribution is 2.23. The molecule has 2 atom stereocenters. The molecule has 1 aliphatic heterocycles. The zero-order chi connectivity index (χ0) is 13.6. The van der Waals surface area contributed by atoms with Crippen LogP contribution in [0.25, 0.3) is 0 Å². The van der Waals surface area contributed by atoms with E-state index >= 15 is 0 Å². The number of nitrogens with one attached hydrogen (secondary N) is 2. The predicted molar refractivity (Wildman–Crippen MR) is 69.3 cm³/mol. The fraction of sp³-hybridized carbons (Fsp3) is 0.846. The van der Waals surface area contributed by atoms with Gasteiger partial charge in [-0.3, -0.25) is 9.59 Å². The first-order chi connectivity index (χ1) is 8.50. The lowest BCUT2D eigenvalue weighted by Crippen LogP contribution is -2.53. The first-order valence-electron chi connectivity index (χ1n) is 6.75. The highest BCUT2D eigenvalue weighted by molar-refractivity contribution is 5.86. The minimum absolute atomic E-state index is 0.0599. The van der Waals surface area contributed by atoms with Crippen LogP contribution in [0.1, 0.15) is 46.0 Å². The van der Waals surface area contributed by atoms with Gasteiger partial charge in [0.25, 0.3) is 0 Å². The van der Waals surface area contributed by atoms with Gasteiger partial charge in [0.15, 0.2) is 0 Å².